The molecule has 0 aliphatic heterocycles. The van der Waals surface area contributed by atoms with Crippen molar-refractivity contribution in [3.05, 3.63) is 112 Å². The third kappa shape index (κ3) is 4.78. The lowest BCUT2D eigenvalue weighted by Gasteiger charge is -2.11. The number of phosphoric ester groups is 1. The van der Waals surface area contributed by atoms with E-state index in [1.165, 1.54) is 16.8 Å². The molecule has 5 rings (SSSR count). The third-order valence-corrected chi connectivity index (χ3v) is 6.17. The second-order valence-electron chi connectivity index (χ2n) is 7.85. The summed E-state index contributed by atoms with van der Waals surface area (Å²) in [5, 5.41) is 3.78. The van der Waals surface area contributed by atoms with Crippen LogP contribution < -0.4 is 10.1 Å². The minimum Gasteiger partial charge on any atom is -0.404 e. The number of para-hydroxylation sites is 1. The Morgan fingerprint density at radius 1 is 0.943 bits per heavy atom. The summed E-state index contributed by atoms with van der Waals surface area (Å²) in [4.78, 5) is 36.7. The third-order valence-electron chi connectivity index (χ3n) is 5.48. The van der Waals surface area contributed by atoms with Crippen LogP contribution in [-0.2, 0) is 11.0 Å². The molecule has 0 atom stereocenters. The molecule has 8 nitrogen and oxygen atoms in total. The van der Waals surface area contributed by atoms with E-state index in [1.54, 1.807) is 30.3 Å². The van der Waals surface area contributed by atoms with Crippen molar-refractivity contribution in [3.8, 4) is 28.0 Å². The Morgan fingerprint density at radius 2 is 1.63 bits per heavy atom. The smallest absolute Gasteiger partial charge is 0.404 e. The van der Waals surface area contributed by atoms with Crippen molar-refractivity contribution in [3.63, 3.8) is 0 Å². The molecule has 0 saturated carbocycles. The standard InChI is InChI=1S/C25H19ClN3O5P/c26-18-12-10-17(11-13-18)23-21(14-16-6-2-1-3-7-16)28-29-24(23)27-15-20(25(29)30)19-8-4-5-9-22(19)34-35(31,32)33/h1-13,15,28H,14H2,(H2,31,32,33). The van der Waals surface area contributed by atoms with Gasteiger partial charge in [-0.25, -0.2) is 14.1 Å². The number of fused-ring (bicyclic) bond motifs is 1. The van der Waals surface area contributed by atoms with Crippen LogP contribution in [0, 0.1) is 0 Å². The number of rotatable bonds is 6. The zero-order chi connectivity index (χ0) is 24.6. The van der Waals surface area contributed by atoms with Crippen molar-refractivity contribution >= 4 is 25.1 Å². The van der Waals surface area contributed by atoms with Crippen molar-refractivity contribution in [2.75, 3.05) is 0 Å². The molecule has 0 amide bonds. The maximum absolute atomic E-state index is 13.6. The van der Waals surface area contributed by atoms with Gasteiger partial charge >= 0.3 is 7.82 Å². The van der Waals surface area contributed by atoms with Crippen LogP contribution in [0.25, 0.3) is 27.9 Å². The molecule has 2 aromatic heterocycles. The molecule has 0 fully saturated rings. The van der Waals surface area contributed by atoms with E-state index in [-0.39, 0.29) is 16.9 Å². The summed E-state index contributed by atoms with van der Waals surface area (Å²) in [6.07, 6.45) is 1.91. The average molecular weight is 508 g/mol. The molecule has 3 N–H and O–H groups in total. The lowest BCUT2D eigenvalue weighted by atomic mass is 10.0. The van der Waals surface area contributed by atoms with Crippen LogP contribution in [0.1, 0.15) is 11.3 Å². The van der Waals surface area contributed by atoms with Crippen molar-refractivity contribution in [2.45, 2.75) is 6.42 Å². The number of phosphoric acid groups is 1. The molecular formula is C25H19ClN3O5P. The first-order chi connectivity index (χ1) is 16.8. The monoisotopic (exact) mass is 507 g/mol. The summed E-state index contributed by atoms with van der Waals surface area (Å²) in [7, 11) is -4.83. The molecule has 35 heavy (non-hydrogen) atoms. The molecule has 0 bridgehead atoms. The predicted octanol–water partition coefficient (Wildman–Crippen LogP) is 5.07. The van der Waals surface area contributed by atoms with E-state index in [0.29, 0.717) is 17.1 Å². The van der Waals surface area contributed by atoms with Crippen LogP contribution >= 0.6 is 19.4 Å². The molecule has 0 saturated heterocycles. The highest BCUT2D eigenvalue weighted by Gasteiger charge is 2.22. The predicted molar refractivity (Wildman–Crippen MR) is 134 cm³/mol. The first kappa shape index (κ1) is 23.1. The van der Waals surface area contributed by atoms with Crippen molar-refractivity contribution in [1.82, 2.24) is 14.6 Å². The van der Waals surface area contributed by atoms with Crippen molar-refractivity contribution < 1.29 is 18.9 Å². The van der Waals surface area contributed by atoms with E-state index in [4.69, 9.17) is 16.1 Å². The Hall–Kier alpha value is -3.68. The Labute approximate surface area is 204 Å². The van der Waals surface area contributed by atoms with Crippen LogP contribution in [0.2, 0.25) is 5.02 Å². The van der Waals surface area contributed by atoms with Gasteiger partial charge in [-0.1, -0.05) is 72.3 Å². The minimum absolute atomic E-state index is 0.117. The Kier molecular flexibility index (Phi) is 6.05. The number of nitrogens with one attached hydrogen (secondary N) is 1. The summed E-state index contributed by atoms with van der Waals surface area (Å²) in [5.41, 5.74) is 3.74. The van der Waals surface area contributed by atoms with E-state index in [9.17, 15) is 19.1 Å². The van der Waals surface area contributed by atoms with Gasteiger partial charge in [-0.05, 0) is 29.3 Å². The lowest BCUT2D eigenvalue weighted by molar-refractivity contribution is 0.283. The molecule has 2 heterocycles. The molecule has 0 radical (unpaired) electrons. The zero-order valence-corrected chi connectivity index (χ0v) is 19.8. The number of hydrogen-bond donors (Lipinski definition) is 3. The molecule has 0 spiro atoms. The van der Waals surface area contributed by atoms with Crippen LogP contribution in [0.3, 0.4) is 0 Å². The first-order valence-electron chi connectivity index (χ1n) is 10.6. The van der Waals surface area contributed by atoms with Gasteiger partial charge in [0.05, 0.1) is 5.56 Å². The number of H-pyrrole nitrogens is 1. The van der Waals surface area contributed by atoms with E-state index in [1.807, 2.05) is 42.5 Å². The largest absolute Gasteiger partial charge is 0.524 e. The SMILES string of the molecule is O=c1c(-c2ccccc2OP(=O)(O)O)cnc2c(-c3ccc(Cl)cc3)c(Cc3ccccc3)[nH]n12. The van der Waals surface area contributed by atoms with Gasteiger partial charge in [-0.15, -0.1) is 0 Å². The zero-order valence-electron chi connectivity index (χ0n) is 18.1. The lowest BCUT2D eigenvalue weighted by Crippen LogP contribution is -2.17. The Morgan fingerprint density at radius 3 is 2.34 bits per heavy atom. The normalized spacial score (nSPS) is 11.6. The molecule has 3 aromatic carbocycles. The second kappa shape index (κ2) is 9.17. The van der Waals surface area contributed by atoms with Crippen molar-refractivity contribution in [2.24, 2.45) is 0 Å². The van der Waals surface area contributed by atoms with Gasteiger partial charge in [0, 0.05) is 34.5 Å². The number of benzene rings is 3. The topological polar surface area (TPSA) is 117 Å². The quantitative estimate of drug-likeness (QED) is 0.276. The van der Waals surface area contributed by atoms with Crippen LogP contribution in [0.5, 0.6) is 5.75 Å². The number of hydrogen-bond acceptors (Lipinski definition) is 4. The molecular weight excluding hydrogens is 489 g/mol. The number of aromatic nitrogens is 3. The van der Waals surface area contributed by atoms with E-state index in [2.05, 4.69) is 10.1 Å². The molecule has 0 aliphatic carbocycles. The Balaban J connectivity index is 1.71. The number of nitrogens with zero attached hydrogens (tertiary/aromatic N) is 2. The summed E-state index contributed by atoms with van der Waals surface area (Å²) in [5.74, 6) is -0.117. The second-order valence-corrected chi connectivity index (χ2v) is 9.45. The highest BCUT2D eigenvalue weighted by atomic mass is 35.5. The molecule has 0 unspecified atom stereocenters. The highest BCUT2D eigenvalue weighted by molar-refractivity contribution is 7.46. The van der Waals surface area contributed by atoms with Gasteiger partial charge in [0.25, 0.3) is 5.56 Å². The van der Waals surface area contributed by atoms with Gasteiger partial charge in [0.15, 0.2) is 5.65 Å². The fraction of sp³-hybridized carbons (Fsp3) is 0.0400. The van der Waals surface area contributed by atoms with Gasteiger partial charge in [0.1, 0.15) is 5.75 Å². The maximum Gasteiger partial charge on any atom is 0.524 e. The number of halogens is 1. The molecule has 0 aliphatic rings. The maximum atomic E-state index is 13.6. The fourth-order valence-electron chi connectivity index (χ4n) is 3.99. The molecule has 176 valence electrons. The van der Waals surface area contributed by atoms with E-state index in [0.717, 1.165) is 22.4 Å². The number of aromatic amines is 1. The Bertz CT molecular complexity index is 1630. The van der Waals surface area contributed by atoms with E-state index < -0.39 is 13.4 Å². The van der Waals surface area contributed by atoms with Gasteiger partial charge in [-0.3, -0.25) is 19.7 Å². The molecule has 10 heteroatoms. The first-order valence-corrected chi connectivity index (χ1v) is 12.5. The van der Waals surface area contributed by atoms with E-state index >= 15 is 0 Å². The fourth-order valence-corrected chi connectivity index (χ4v) is 4.53. The molecule has 5 aromatic rings. The average Bonchev–Trinajstić information content (AvgIpc) is 3.19. The van der Waals surface area contributed by atoms with Gasteiger partial charge in [0.2, 0.25) is 0 Å². The van der Waals surface area contributed by atoms with Crippen molar-refractivity contribution in [1.29, 1.82) is 0 Å². The van der Waals surface area contributed by atoms with Crippen LogP contribution in [0.15, 0.2) is 89.9 Å². The van der Waals surface area contributed by atoms with Gasteiger partial charge < -0.3 is 4.52 Å². The minimum atomic E-state index is -4.83. The highest BCUT2D eigenvalue weighted by Crippen LogP contribution is 2.41. The summed E-state index contributed by atoms with van der Waals surface area (Å²) < 4.78 is 17.6. The van der Waals surface area contributed by atoms with Crippen LogP contribution in [-0.4, -0.2) is 24.4 Å². The van der Waals surface area contributed by atoms with Gasteiger partial charge in [-0.2, -0.15) is 0 Å². The summed E-state index contributed by atoms with van der Waals surface area (Å²) in [6, 6.07) is 23.2. The van der Waals surface area contributed by atoms with Crippen LogP contribution in [0.4, 0.5) is 0 Å². The summed E-state index contributed by atoms with van der Waals surface area (Å²) in [6.45, 7) is 0. The summed E-state index contributed by atoms with van der Waals surface area (Å²) >= 11 is 6.09.